The monoisotopic (exact) mass is 335 g/mol. The zero-order chi connectivity index (χ0) is 16.9. The maximum absolute atomic E-state index is 12.6. The average molecular weight is 335 g/mol. The number of nitrogens with zero attached hydrogens (tertiary/aromatic N) is 2. The summed E-state index contributed by atoms with van der Waals surface area (Å²) in [6.45, 7) is 5.20. The van der Waals surface area contributed by atoms with E-state index in [9.17, 15) is 18.0 Å². The zero-order valence-corrected chi connectivity index (χ0v) is 13.9. The van der Waals surface area contributed by atoms with Crippen LogP contribution in [0.4, 0.5) is 13.2 Å². The number of amides is 1. The van der Waals surface area contributed by atoms with Gasteiger partial charge >= 0.3 is 6.18 Å². The van der Waals surface area contributed by atoms with Gasteiger partial charge in [-0.15, -0.1) is 0 Å². The second kappa shape index (κ2) is 8.33. The third kappa shape index (κ3) is 5.95. The van der Waals surface area contributed by atoms with Crippen molar-refractivity contribution < 1.29 is 18.0 Å². The summed E-state index contributed by atoms with van der Waals surface area (Å²) in [5.41, 5.74) is 0. The van der Waals surface area contributed by atoms with E-state index in [-0.39, 0.29) is 18.4 Å². The van der Waals surface area contributed by atoms with E-state index >= 15 is 0 Å². The number of hydrogen-bond donors (Lipinski definition) is 1. The molecule has 0 aromatic carbocycles. The molecule has 0 aromatic heterocycles. The lowest BCUT2D eigenvalue weighted by molar-refractivity contribution is -0.164. The van der Waals surface area contributed by atoms with Gasteiger partial charge in [0.1, 0.15) is 6.54 Å². The van der Waals surface area contributed by atoms with Crippen LogP contribution >= 0.6 is 0 Å². The Bertz CT molecular complexity index is 383. The Balaban J connectivity index is 1.87. The third-order valence-electron chi connectivity index (χ3n) is 4.89. The van der Waals surface area contributed by atoms with Crippen molar-refractivity contribution in [1.29, 1.82) is 0 Å². The molecule has 0 spiro atoms. The first-order valence-corrected chi connectivity index (χ1v) is 8.67. The molecule has 7 heteroatoms. The van der Waals surface area contributed by atoms with Gasteiger partial charge in [-0.2, -0.15) is 13.2 Å². The smallest absolute Gasteiger partial charge is 0.334 e. The largest absolute Gasteiger partial charge is 0.406 e. The van der Waals surface area contributed by atoms with Gasteiger partial charge in [-0.3, -0.25) is 4.79 Å². The van der Waals surface area contributed by atoms with Crippen molar-refractivity contribution in [2.45, 2.75) is 38.8 Å². The molecule has 2 aliphatic rings. The van der Waals surface area contributed by atoms with E-state index in [0.717, 1.165) is 50.3 Å². The topological polar surface area (TPSA) is 35.6 Å². The second-order valence-corrected chi connectivity index (χ2v) is 6.76. The molecule has 2 saturated heterocycles. The van der Waals surface area contributed by atoms with Crippen LogP contribution in [-0.2, 0) is 4.79 Å². The Hall–Kier alpha value is -0.820. The van der Waals surface area contributed by atoms with Crippen molar-refractivity contribution in [2.75, 3.05) is 45.8 Å². The van der Waals surface area contributed by atoms with Gasteiger partial charge in [-0.05, 0) is 58.2 Å². The maximum atomic E-state index is 12.6. The number of nitrogens with one attached hydrogen (secondary N) is 1. The summed E-state index contributed by atoms with van der Waals surface area (Å²) in [6.07, 6.45) is -0.440. The lowest BCUT2D eigenvalue weighted by Crippen LogP contribution is -2.48. The van der Waals surface area contributed by atoms with E-state index in [0.29, 0.717) is 18.9 Å². The molecular formula is C16H28F3N3O. The van der Waals surface area contributed by atoms with Crippen molar-refractivity contribution in [3.05, 3.63) is 0 Å². The quantitative estimate of drug-likeness (QED) is 0.836. The van der Waals surface area contributed by atoms with Gasteiger partial charge in [0, 0.05) is 19.6 Å². The molecule has 134 valence electrons. The molecule has 2 heterocycles. The van der Waals surface area contributed by atoms with E-state index < -0.39 is 12.7 Å². The predicted molar refractivity (Wildman–Crippen MR) is 83.1 cm³/mol. The van der Waals surface area contributed by atoms with Crippen LogP contribution in [0.15, 0.2) is 0 Å². The first-order chi connectivity index (χ1) is 10.9. The van der Waals surface area contributed by atoms with Crippen molar-refractivity contribution in [1.82, 2.24) is 15.1 Å². The fraction of sp³-hybridized carbons (Fsp3) is 0.938. The molecule has 2 fully saturated rings. The normalized spacial score (nSPS) is 24.6. The summed E-state index contributed by atoms with van der Waals surface area (Å²) < 4.78 is 37.8. The van der Waals surface area contributed by atoms with Crippen LogP contribution in [-0.4, -0.2) is 67.7 Å². The van der Waals surface area contributed by atoms with Crippen LogP contribution in [0.3, 0.4) is 0 Å². The molecule has 4 nitrogen and oxygen atoms in total. The van der Waals surface area contributed by atoms with E-state index in [1.165, 1.54) is 0 Å². The number of piperidine rings is 2. The molecule has 2 aliphatic heterocycles. The van der Waals surface area contributed by atoms with Crippen molar-refractivity contribution >= 4 is 5.91 Å². The van der Waals surface area contributed by atoms with Gasteiger partial charge in [-0.1, -0.05) is 0 Å². The van der Waals surface area contributed by atoms with Crippen LogP contribution in [0, 0.1) is 11.8 Å². The number of carbonyl (C=O) groups excluding carboxylic acids is 1. The molecule has 1 unspecified atom stereocenters. The molecule has 1 amide bonds. The fourth-order valence-electron chi connectivity index (χ4n) is 3.67. The third-order valence-corrected chi connectivity index (χ3v) is 4.89. The van der Waals surface area contributed by atoms with E-state index in [2.05, 4.69) is 10.2 Å². The van der Waals surface area contributed by atoms with Gasteiger partial charge < -0.3 is 15.1 Å². The molecule has 0 aliphatic carbocycles. The summed E-state index contributed by atoms with van der Waals surface area (Å²) in [4.78, 5) is 15.7. The predicted octanol–water partition coefficient (Wildman–Crippen LogP) is 2.11. The van der Waals surface area contributed by atoms with Crippen molar-refractivity contribution in [3.63, 3.8) is 0 Å². The molecular weight excluding hydrogens is 307 g/mol. The SMILES string of the molecule is CCN(CC(F)(F)F)C(=O)C1CCCN(CC2CCNCC2)C1. The number of halogens is 3. The number of hydrogen-bond acceptors (Lipinski definition) is 3. The fourth-order valence-corrected chi connectivity index (χ4v) is 3.67. The summed E-state index contributed by atoms with van der Waals surface area (Å²) in [7, 11) is 0. The van der Waals surface area contributed by atoms with Crippen LogP contribution in [0.25, 0.3) is 0 Å². The molecule has 2 rings (SSSR count). The minimum atomic E-state index is -4.32. The summed E-state index contributed by atoms with van der Waals surface area (Å²) in [5.74, 6) is 0.0233. The Morgan fingerprint density at radius 2 is 1.96 bits per heavy atom. The van der Waals surface area contributed by atoms with E-state index in [1.54, 1.807) is 6.92 Å². The average Bonchev–Trinajstić information content (AvgIpc) is 2.52. The first-order valence-electron chi connectivity index (χ1n) is 8.67. The molecule has 0 aromatic rings. The van der Waals surface area contributed by atoms with Crippen LogP contribution in [0.2, 0.25) is 0 Å². The highest BCUT2D eigenvalue weighted by atomic mass is 19.4. The second-order valence-electron chi connectivity index (χ2n) is 6.76. The highest BCUT2D eigenvalue weighted by molar-refractivity contribution is 5.79. The van der Waals surface area contributed by atoms with Gasteiger partial charge in [0.25, 0.3) is 0 Å². The van der Waals surface area contributed by atoms with Crippen LogP contribution in [0.1, 0.15) is 32.6 Å². The lowest BCUT2D eigenvalue weighted by atomic mass is 9.93. The van der Waals surface area contributed by atoms with Gasteiger partial charge in [0.15, 0.2) is 0 Å². The number of carbonyl (C=O) groups is 1. The van der Waals surface area contributed by atoms with Crippen molar-refractivity contribution in [2.24, 2.45) is 11.8 Å². The van der Waals surface area contributed by atoms with Crippen LogP contribution < -0.4 is 5.32 Å². The number of alkyl halides is 3. The van der Waals surface area contributed by atoms with Gasteiger partial charge in [0.2, 0.25) is 5.91 Å². The highest BCUT2D eigenvalue weighted by Gasteiger charge is 2.36. The first kappa shape index (κ1) is 18.5. The molecule has 1 N–H and O–H groups in total. The summed E-state index contributed by atoms with van der Waals surface area (Å²) in [5, 5.41) is 3.34. The molecule has 0 bridgehead atoms. The number of rotatable bonds is 5. The summed E-state index contributed by atoms with van der Waals surface area (Å²) >= 11 is 0. The van der Waals surface area contributed by atoms with E-state index in [4.69, 9.17) is 0 Å². The van der Waals surface area contributed by atoms with Gasteiger partial charge in [-0.25, -0.2) is 0 Å². The summed E-state index contributed by atoms with van der Waals surface area (Å²) in [6, 6.07) is 0. The Morgan fingerprint density at radius 3 is 2.57 bits per heavy atom. The zero-order valence-electron chi connectivity index (χ0n) is 13.9. The molecule has 0 radical (unpaired) electrons. The Kier molecular flexibility index (Phi) is 6.71. The maximum Gasteiger partial charge on any atom is 0.406 e. The number of likely N-dealkylation sites (tertiary alicyclic amines) is 1. The minimum absolute atomic E-state index is 0.114. The standard InChI is InChI=1S/C16H28F3N3O/c1-2-22(12-16(17,18)19)15(23)14-4-3-9-21(11-14)10-13-5-7-20-8-6-13/h13-14,20H,2-12H2,1H3. The van der Waals surface area contributed by atoms with Crippen molar-refractivity contribution in [3.8, 4) is 0 Å². The molecule has 0 saturated carbocycles. The Morgan fingerprint density at radius 1 is 1.26 bits per heavy atom. The van der Waals surface area contributed by atoms with Crippen LogP contribution in [0.5, 0.6) is 0 Å². The molecule has 23 heavy (non-hydrogen) atoms. The van der Waals surface area contributed by atoms with E-state index in [1.807, 2.05) is 0 Å². The lowest BCUT2D eigenvalue weighted by Gasteiger charge is -2.37. The Labute approximate surface area is 136 Å². The molecule has 1 atom stereocenters. The highest BCUT2D eigenvalue weighted by Crippen LogP contribution is 2.24. The minimum Gasteiger partial charge on any atom is -0.334 e. The van der Waals surface area contributed by atoms with Gasteiger partial charge in [0.05, 0.1) is 5.92 Å².